The molecule has 0 spiro atoms. The molecule has 1 unspecified atom stereocenters. The number of rotatable bonds is 3. The van der Waals surface area contributed by atoms with E-state index in [1.54, 1.807) is 11.8 Å². The number of aliphatic hydroxyl groups excluding tert-OH is 1. The standard InChI is InChI=1S/C14H16FNO3S2/c15-14-9-13(6-5-11(14)3-1-7-17)21(18,19)16-12-4-2-8-20-10-12/h5-6,9,12,16-17H,2,4,7-8,10H2. The largest absolute Gasteiger partial charge is 0.384 e. The second kappa shape index (κ2) is 7.27. The van der Waals surface area contributed by atoms with Gasteiger partial charge in [0, 0.05) is 11.8 Å². The average Bonchev–Trinajstić information content (AvgIpc) is 2.46. The van der Waals surface area contributed by atoms with Crippen LogP contribution in [0.5, 0.6) is 0 Å². The van der Waals surface area contributed by atoms with E-state index in [0.29, 0.717) is 0 Å². The summed E-state index contributed by atoms with van der Waals surface area (Å²) >= 11 is 1.71. The molecule has 0 saturated carbocycles. The monoisotopic (exact) mass is 329 g/mol. The van der Waals surface area contributed by atoms with Crippen LogP contribution in [0.1, 0.15) is 18.4 Å². The maximum absolute atomic E-state index is 13.8. The Kier molecular flexibility index (Phi) is 5.65. The molecule has 0 radical (unpaired) electrons. The summed E-state index contributed by atoms with van der Waals surface area (Å²) in [7, 11) is -3.72. The zero-order valence-electron chi connectivity index (χ0n) is 11.3. The van der Waals surface area contributed by atoms with Gasteiger partial charge in [-0.2, -0.15) is 11.8 Å². The molecule has 0 aromatic heterocycles. The van der Waals surface area contributed by atoms with Gasteiger partial charge in [-0.1, -0.05) is 11.8 Å². The van der Waals surface area contributed by atoms with Gasteiger partial charge in [0.15, 0.2) is 0 Å². The van der Waals surface area contributed by atoms with Crippen LogP contribution >= 0.6 is 11.8 Å². The lowest BCUT2D eigenvalue weighted by molar-refractivity contribution is 0.350. The Balaban J connectivity index is 2.18. The Hall–Kier alpha value is -1.07. The first-order valence-corrected chi connectivity index (χ1v) is 9.16. The average molecular weight is 329 g/mol. The molecular weight excluding hydrogens is 313 g/mol. The van der Waals surface area contributed by atoms with Gasteiger partial charge in [0.25, 0.3) is 0 Å². The maximum Gasteiger partial charge on any atom is 0.240 e. The first-order chi connectivity index (χ1) is 10.0. The number of nitrogens with one attached hydrogen (secondary N) is 1. The smallest absolute Gasteiger partial charge is 0.240 e. The fraction of sp³-hybridized carbons (Fsp3) is 0.429. The Bertz CT molecular complexity index is 659. The molecule has 114 valence electrons. The number of sulfonamides is 1. The van der Waals surface area contributed by atoms with Crippen LogP contribution in [0.25, 0.3) is 0 Å². The number of benzene rings is 1. The first kappa shape index (κ1) is 16.3. The van der Waals surface area contributed by atoms with E-state index >= 15 is 0 Å². The van der Waals surface area contributed by atoms with Crippen LogP contribution in [-0.2, 0) is 10.0 Å². The van der Waals surface area contributed by atoms with Gasteiger partial charge in [-0.05, 0) is 36.8 Å². The maximum atomic E-state index is 13.8. The Morgan fingerprint density at radius 2 is 2.29 bits per heavy atom. The zero-order valence-corrected chi connectivity index (χ0v) is 12.9. The minimum absolute atomic E-state index is 0.0659. The third-order valence-corrected chi connectivity index (χ3v) is 5.77. The van der Waals surface area contributed by atoms with Crippen molar-refractivity contribution in [2.24, 2.45) is 0 Å². The number of aliphatic hydroxyl groups is 1. The molecule has 0 amide bonds. The van der Waals surface area contributed by atoms with Crippen LogP contribution in [0.15, 0.2) is 23.1 Å². The van der Waals surface area contributed by atoms with Crippen molar-refractivity contribution in [1.82, 2.24) is 4.72 Å². The molecule has 1 aliphatic rings. The summed E-state index contributed by atoms with van der Waals surface area (Å²) < 4.78 is 40.8. The van der Waals surface area contributed by atoms with Crippen molar-refractivity contribution in [2.75, 3.05) is 18.1 Å². The van der Waals surface area contributed by atoms with Crippen molar-refractivity contribution in [3.63, 3.8) is 0 Å². The van der Waals surface area contributed by atoms with E-state index in [2.05, 4.69) is 16.6 Å². The summed E-state index contributed by atoms with van der Waals surface area (Å²) in [6, 6.07) is 3.48. The normalized spacial score (nSPS) is 18.9. The summed E-state index contributed by atoms with van der Waals surface area (Å²) in [5.41, 5.74) is 0.0659. The number of thioether (sulfide) groups is 1. The molecule has 1 aromatic rings. The summed E-state index contributed by atoms with van der Waals surface area (Å²) in [5, 5.41) is 8.58. The quantitative estimate of drug-likeness (QED) is 0.822. The molecule has 0 bridgehead atoms. The van der Waals surface area contributed by atoms with Crippen molar-refractivity contribution in [3.05, 3.63) is 29.6 Å². The van der Waals surface area contributed by atoms with E-state index in [1.165, 1.54) is 12.1 Å². The molecule has 4 nitrogen and oxygen atoms in total. The van der Waals surface area contributed by atoms with E-state index in [0.717, 1.165) is 30.4 Å². The first-order valence-electron chi connectivity index (χ1n) is 6.52. The minimum atomic E-state index is -3.72. The highest BCUT2D eigenvalue weighted by Gasteiger charge is 2.22. The van der Waals surface area contributed by atoms with Gasteiger partial charge in [-0.3, -0.25) is 0 Å². The van der Waals surface area contributed by atoms with Crippen molar-refractivity contribution in [1.29, 1.82) is 0 Å². The Morgan fingerprint density at radius 3 is 2.90 bits per heavy atom. The van der Waals surface area contributed by atoms with Crippen LogP contribution in [-0.4, -0.2) is 37.7 Å². The number of hydrogen-bond acceptors (Lipinski definition) is 4. The second-order valence-corrected chi connectivity index (χ2v) is 7.50. The van der Waals surface area contributed by atoms with Gasteiger partial charge < -0.3 is 5.11 Å². The second-order valence-electron chi connectivity index (χ2n) is 4.64. The van der Waals surface area contributed by atoms with E-state index < -0.39 is 15.8 Å². The fourth-order valence-corrected chi connectivity index (χ4v) is 4.48. The lowest BCUT2D eigenvalue weighted by atomic mass is 10.2. The van der Waals surface area contributed by atoms with Crippen LogP contribution in [0.3, 0.4) is 0 Å². The van der Waals surface area contributed by atoms with Crippen molar-refractivity contribution >= 4 is 21.8 Å². The molecule has 1 aliphatic heterocycles. The van der Waals surface area contributed by atoms with Crippen molar-refractivity contribution < 1.29 is 17.9 Å². The van der Waals surface area contributed by atoms with Gasteiger partial charge >= 0.3 is 0 Å². The van der Waals surface area contributed by atoms with Gasteiger partial charge in [0.05, 0.1) is 10.5 Å². The van der Waals surface area contributed by atoms with Crippen molar-refractivity contribution in [2.45, 2.75) is 23.8 Å². The van der Waals surface area contributed by atoms with Crippen LogP contribution in [0.4, 0.5) is 4.39 Å². The topological polar surface area (TPSA) is 66.4 Å². The molecule has 1 saturated heterocycles. The lowest BCUT2D eigenvalue weighted by Crippen LogP contribution is -2.38. The van der Waals surface area contributed by atoms with E-state index in [1.807, 2.05) is 0 Å². The molecule has 2 N–H and O–H groups in total. The number of hydrogen-bond donors (Lipinski definition) is 2. The highest BCUT2D eigenvalue weighted by atomic mass is 32.2. The SMILES string of the molecule is O=S(=O)(NC1CCCSC1)c1ccc(C#CCO)c(F)c1. The van der Waals surface area contributed by atoms with E-state index in [4.69, 9.17) is 5.11 Å². The molecule has 2 rings (SSSR count). The summed E-state index contributed by atoms with van der Waals surface area (Å²) in [6.45, 7) is -0.375. The predicted octanol–water partition coefficient (Wildman–Crippen LogP) is 1.34. The molecule has 1 fully saturated rings. The third kappa shape index (κ3) is 4.45. The zero-order chi connectivity index (χ0) is 15.3. The van der Waals surface area contributed by atoms with Gasteiger partial charge in [-0.15, -0.1) is 0 Å². The van der Waals surface area contributed by atoms with Crippen LogP contribution < -0.4 is 4.72 Å². The third-order valence-electron chi connectivity index (χ3n) is 3.04. The molecule has 1 atom stereocenters. The molecule has 21 heavy (non-hydrogen) atoms. The van der Waals surface area contributed by atoms with Crippen LogP contribution in [0.2, 0.25) is 0 Å². The van der Waals surface area contributed by atoms with Crippen molar-refractivity contribution in [3.8, 4) is 11.8 Å². The Morgan fingerprint density at radius 1 is 1.48 bits per heavy atom. The molecule has 1 heterocycles. The van der Waals surface area contributed by atoms with E-state index in [9.17, 15) is 12.8 Å². The summed E-state index contributed by atoms with van der Waals surface area (Å²) in [6.07, 6.45) is 1.77. The summed E-state index contributed by atoms with van der Waals surface area (Å²) in [4.78, 5) is -0.106. The van der Waals surface area contributed by atoms with E-state index in [-0.39, 0.29) is 23.1 Å². The molecule has 7 heteroatoms. The minimum Gasteiger partial charge on any atom is -0.384 e. The Labute approximate surface area is 128 Å². The van der Waals surface area contributed by atoms with Crippen LogP contribution in [0, 0.1) is 17.7 Å². The predicted molar refractivity (Wildman–Crippen MR) is 81.0 cm³/mol. The molecule has 0 aliphatic carbocycles. The fourth-order valence-electron chi connectivity index (χ4n) is 2.02. The summed E-state index contributed by atoms with van der Waals surface area (Å²) in [5.74, 6) is 5.83. The number of halogens is 1. The highest BCUT2D eigenvalue weighted by molar-refractivity contribution is 7.99. The molecular formula is C14H16FNO3S2. The molecule has 1 aromatic carbocycles. The van der Waals surface area contributed by atoms with Gasteiger partial charge in [0.2, 0.25) is 10.0 Å². The highest BCUT2D eigenvalue weighted by Crippen LogP contribution is 2.20. The lowest BCUT2D eigenvalue weighted by Gasteiger charge is -2.22. The van der Waals surface area contributed by atoms with Gasteiger partial charge in [0.1, 0.15) is 12.4 Å². The van der Waals surface area contributed by atoms with Gasteiger partial charge in [-0.25, -0.2) is 17.5 Å².